The minimum atomic E-state index is -0.121. The van der Waals surface area contributed by atoms with E-state index in [4.69, 9.17) is 8.83 Å². The Balaban J connectivity index is 1.54. The summed E-state index contributed by atoms with van der Waals surface area (Å²) in [5, 5.41) is 0. The van der Waals surface area contributed by atoms with E-state index in [1.54, 1.807) is 11.8 Å². The third-order valence-corrected chi connectivity index (χ3v) is 4.43. The predicted octanol–water partition coefficient (Wildman–Crippen LogP) is 2.44. The van der Waals surface area contributed by atoms with Gasteiger partial charge in [-0.2, -0.15) is 0 Å². The molecule has 2 aliphatic rings. The van der Waals surface area contributed by atoms with Gasteiger partial charge in [-0.1, -0.05) is 6.42 Å². The smallest absolute Gasteiger partial charge is 0.291 e. The van der Waals surface area contributed by atoms with Crippen LogP contribution < -0.4 is 0 Å². The normalized spacial score (nSPS) is 18.4. The fourth-order valence-corrected chi connectivity index (χ4v) is 2.87. The van der Waals surface area contributed by atoms with Crippen molar-refractivity contribution in [1.82, 2.24) is 14.9 Å². The molecule has 2 aromatic rings. The molecule has 2 aromatic heterocycles. The van der Waals surface area contributed by atoms with Gasteiger partial charge in [0, 0.05) is 18.9 Å². The summed E-state index contributed by atoms with van der Waals surface area (Å²) in [4.78, 5) is 22.8. The van der Waals surface area contributed by atoms with E-state index in [2.05, 4.69) is 9.97 Å². The van der Waals surface area contributed by atoms with Crippen molar-refractivity contribution in [3.8, 4) is 0 Å². The maximum Gasteiger partial charge on any atom is 0.291 e. The van der Waals surface area contributed by atoms with Gasteiger partial charge < -0.3 is 13.7 Å². The number of rotatable bonds is 2. The zero-order valence-electron chi connectivity index (χ0n) is 12.0. The van der Waals surface area contributed by atoms with Crippen molar-refractivity contribution in [1.29, 1.82) is 0 Å². The van der Waals surface area contributed by atoms with Gasteiger partial charge in [0.25, 0.3) is 5.91 Å². The zero-order valence-corrected chi connectivity index (χ0v) is 12.0. The summed E-state index contributed by atoms with van der Waals surface area (Å²) in [6.07, 6.45) is 5.61. The molecule has 1 saturated carbocycles. The second-order valence-corrected chi connectivity index (χ2v) is 5.79. The van der Waals surface area contributed by atoms with Crippen molar-refractivity contribution in [2.75, 3.05) is 6.54 Å². The second-order valence-electron chi connectivity index (χ2n) is 5.79. The van der Waals surface area contributed by atoms with E-state index in [0.29, 0.717) is 36.9 Å². The summed E-state index contributed by atoms with van der Waals surface area (Å²) >= 11 is 0. The lowest BCUT2D eigenvalue weighted by Crippen LogP contribution is -2.36. The average molecular weight is 287 g/mol. The maximum absolute atomic E-state index is 12.4. The molecular weight excluding hydrogens is 270 g/mol. The van der Waals surface area contributed by atoms with Crippen LogP contribution in [-0.4, -0.2) is 27.3 Å². The van der Waals surface area contributed by atoms with Gasteiger partial charge in [0.15, 0.2) is 12.3 Å². The molecule has 0 aromatic carbocycles. The molecule has 0 atom stereocenters. The third-order valence-electron chi connectivity index (χ3n) is 4.43. The fourth-order valence-electron chi connectivity index (χ4n) is 2.87. The lowest BCUT2D eigenvalue weighted by atomic mass is 9.85. The summed E-state index contributed by atoms with van der Waals surface area (Å²) in [6.45, 7) is 2.90. The second kappa shape index (κ2) is 4.72. The van der Waals surface area contributed by atoms with Crippen LogP contribution in [0.15, 0.2) is 15.2 Å². The number of carbonyl (C=O) groups excluding carboxylic acids is 1. The summed E-state index contributed by atoms with van der Waals surface area (Å²) in [5.74, 6) is 2.48. The van der Waals surface area contributed by atoms with E-state index < -0.39 is 0 Å². The first kappa shape index (κ1) is 12.6. The number of hydrogen-bond acceptors (Lipinski definition) is 5. The average Bonchev–Trinajstić information content (AvgIpc) is 3.00. The molecule has 110 valence electrons. The van der Waals surface area contributed by atoms with Crippen LogP contribution in [0.4, 0.5) is 0 Å². The molecular formula is C15H17N3O3. The lowest BCUT2D eigenvalue weighted by molar-refractivity contribution is 0.0694. The molecule has 0 saturated heterocycles. The van der Waals surface area contributed by atoms with Gasteiger partial charge in [-0.3, -0.25) is 4.79 Å². The summed E-state index contributed by atoms with van der Waals surface area (Å²) < 4.78 is 11.1. The number of aryl methyl sites for hydroxylation is 1. The van der Waals surface area contributed by atoms with Crippen LogP contribution in [0.2, 0.25) is 0 Å². The molecule has 1 aliphatic heterocycles. The lowest BCUT2D eigenvalue weighted by Gasteiger charge is -2.24. The number of nitrogens with zero attached hydrogens (tertiary/aromatic N) is 3. The first-order valence-electron chi connectivity index (χ1n) is 7.40. The number of hydrogen-bond donors (Lipinski definition) is 0. The Hall–Kier alpha value is -2.11. The molecule has 0 radical (unpaired) electrons. The Labute approximate surface area is 122 Å². The van der Waals surface area contributed by atoms with Crippen LogP contribution in [0.25, 0.3) is 0 Å². The maximum atomic E-state index is 12.4. The number of fused-ring (bicyclic) bond motifs is 1. The number of aromatic nitrogens is 2. The monoisotopic (exact) mass is 287 g/mol. The van der Waals surface area contributed by atoms with Crippen molar-refractivity contribution >= 4 is 5.91 Å². The van der Waals surface area contributed by atoms with Gasteiger partial charge in [-0.25, -0.2) is 9.97 Å². The van der Waals surface area contributed by atoms with Crippen molar-refractivity contribution in [3.63, 3.8) is 0 Å². The van der Waals surface area contributed by atoms with Crippen LogP contribution in [0.5, 0.6) is 0 Å². The summed E-state index contributed by atoms with van der Waals surface area (Å²) in [5.41, 5.74) is 1.52. The Morgan fingerprint density at radius 2 is 2.29 bits per heavy atom. The Kier molecular flexibility index (Phi) is 2.83. The third kappa shape index (κ3) is 2.05. The minimum absolute atomic E-state index is 0.121. The van der Waals surface area contributed by atoms with E-state index in [-0.39, 0.29) is 5.91 Å². The van der Waals surface area contributed by atoms with E-state index in [1.807, 2.05) is 0 Å². The van der Waals surface area contributed by atoms with E-state index in [0.717, 1.165) is 17.3 Å². The van der Waals surface area contributed by atoms with Crippen LogP contribution in [0, 0.1) is 6.92 Å². The van der Waals surface area contributed by atoms with Crippen LogP contribution in [-0.2, 0) is 13.0 Å². The topological polar surface area (TPSA) is 72.4 Å². The number of oxazole rings is 2. The quantitative estimate of drug-likeness (QED) is 0.848. The predicted molar refractivity (Wildman–Crippen MR) is 72.8 cm³/mol. The molecule has 0 N–H and O–H groups in total. The zero-order chi connectivity index (χ0) is 14.4. The highest BCUT2D eigenvalue weighted by Crippen LogP contribution is 2.37. The van der Waals surface area contributed by atoms with Gasteiger partial charge in [0.1, 0.15) is 11.5 Å². The van der Waals surface area contributed by atoms with E-state index >= 15 is 0 Å². The molecule has 1 amide bonds. The standard InChI is InChI=1S/C15H17N3O3/c1-9-13(20-8-16-9)15(19)18-6-5-12-11(7-18)17-14(21-12)10-3-2-4-10/h8,10H,2-7H2,1H3. The highest BCUT2D eigenvalue weighted by Gasteiger charge is 2.31. The summed E-state index contributed by atoms with van der Waals surface area (Å²) in [6, 6.07) is 0. The first-order chi connectivity index (χ1) is 10.2. The molecule has 6 heteroatoms. The van der Waals surface area contributed by atoms with Crippen LogP contribution in [0.3, 0.4) is 0 Å². The number of carbonyl (C=O) groups is 1. The van der Waals surface area contributed by atoms with Gasteiger partial charge >= 0.3 is 0 Å². The minimum Gasteiger partial charge on any atom is -0.445 e. The van der Waals surface area contributed by atoms with Gasteiger partial charge in [0.2, 0.25) is 5.76 Å². The van der Waals surface area contributed by atoms with Crippen molar-refractivity contribution in [3.05, 3.63) is 35.2 Å². The fraction of sp³-hybridized carbons (Fsp3) is 0.533. The van der Waals surface area contributed by atoms with E-state index in [1.165, 1.54) is 25.7 Å². The Morgan fingerprint density at radius 1 is 1.43 bits per heavy atom. The molecule has 21 heavy (non-hydrogen) atoms. The van der Waals surface area contributed by atoms with Gasteiger partial charge in [-0.15, -0.1) is 0 Å². The van der Waals surface area contributed by atoms with Crippen molar-refractivity contribution in [2.45, 2.75) is 45.1 Å². The van der Waals surface area contributed by atoms with Crippen LogP contribution in [0.1, 0.15) is 58.8 Å². The Bertz CT molecular complexity index is 684. The van der Waals surface area contributed by atoms with Crippen molar-refractivity contribution in [2.24, 2.45) is 0 Å². The molecule has 4 rings (SSSR count). The molecule has 1 aliphatic carbocycles. The highest BCUT2D eigenvalue weighted by molar-refractivity contribution is 5.92. The van der Waals surface area contributed by atoms with Gasteiger partial charge in [0.05, 0.1) is 12.2 Å². The van der Waals surface area contributed by atoms with E-state index in [9.17, 15) is 4.79 Å². The molecule has 1 fully saturated rings. The highest BCUT2D eigenvalue weighted by atomic mass is 16.4. The van der Waals surface area contributed by atoms with Gasteiger partial charge in [-0.05, 0) is 19.8 Å². The SMILES string of the molecule is Cc1ncoc1C(=O)N1CCc2oc(C3CCC3)nc2C1. The number of amides is 1. The molecule has 0 spiro atoms. The molecule has 3 heterocycles. The summed E-state index contributed by atoms with van der Waals surface area (Å²) in [7, 11) is 0. The Morgan fingerprint density at radius 3 is 2.95 bits per heavy atom. The molecule has 6 nitrogen and oxygen atoms in total. The largest absolute Gasteiger partial charge is 0.445 e. The molecule has 0 bridgehead atoms. The first-order valence-corrected chi connectivity index (χ1v) is 7.40. The molecule has 0 unspecified atom stereocenters. The van der Waals surface area contributed by atoms with Crippen molar-refractivity contribution < 1.29 is 13.6 Å². The van der Waals surface area contributed by atoms with Crippen LogP contribution >= 0.6 is 0 Å².